The number of benzene rings is 2. The first-order chi connectivity index (χ1) is 13.6. The number of hydrogen-bond acceptors (Lipinski definition) is 5. The molecule has 6 heteroatoms. The molecule has 3 rings (SSSR count). The van der Waals surface area contributed by atoms with Crippen LogP contribution in [0.25, 0.3) is 10.8 Å². The normalized spacial score (nSPS) is 10.8. The molecule has 0 aliphatic rings. The predicted molar refractivity (Wildman–Crippen MR) is 108 cm³/mol. The molecule has 1 aromatic heterocycles. The summed E-state index contributed by atoms with van der Waals surface area (Å²) in [7, 11) is 0. The van der Waals surface area contributed by atoms with Crippen molar-refractivity contribution in [3.05, 3.63) is 70.1 Å². The molecule has 3 aromatic rings. The van der Waals surface area contributed by atoms with E-state index in [-0.39, 0.29) is 24.5 Å². The molecule has 0 fully saturated rings. The fraction of sp³-hybridized carbons (Fsp3) is 0.318. The number of aryl methyl sites for hydroxylation is 2. The van der Waals surface area contributed by atoms with Crippen LogP contribution in [0.15, 0.2) is 53.3 Å². The Morgan fingerprint density at radius 1 is 1.04 bits per heavy atom. The van der Waals surface area contributed by atoms with Crippen LogP contribution in [0, 0.1) is 6.92 Å². The highest BCUT2D eigenvalue weighted by atomic mass is 16.6. The number of carbonyl (C=O) groups is 1. The third kappa shape index (κ3) is 4.57. The fourth-order valence-electron chi connectivity index (χ4n) is 2.84. The second-order valence-electron chi connectivity index (χ2n) is 6.57. The van der Waals surface area contributed by atoms with Gasteiger partial charge in [-0.3, -0.25) is 4.79 Å². The van der Waals surface area contributed by atoms with Gasteiger partial charge in [-0.25, -0.2) is 9.48 Å². The minimum Gasteiger partial charge on any atom is -0.490 e. The monoisotopic (exact) mass is 380 g/mol. The van der Waals surface area contributed by atoms with E-state index in [1.165, 1.54) is 4.68 Å². The molecule has 0 saturated heterocycles. The van der Waals surface area contributed by atoms with Gasteiger partial charge in [-0.15, -0.1) is 0 Å². The van der Waals surface area contributed by atoms with Crippen LogP contribution in [0.5, 0.6) is 5.75 Å². The Morgan fingerprint density at radius 3 is 2.46 bits per heavy atom. The van der Waals surface area contributed by atoms with Crippen LogP contribution in [0.4, 0.5) is 0 Å². The number of carbonyl (C=O) groups excluding carboxylic acids is 1. The van der Waals surface area contributed by atoms with Crippen LogP contribution < -0.4 is 10.3 Å². The zero-order chi connectivity index (χ0) is 19.9. The average molecular weight is 380 g/mol. The van der Waals surface area contributed by atoms with Crippen molar-refractivity contribution in [2.24, 2.45) is 0 Å². The largest absolute Gasteiger partial charge is 0.490 e. The predicted octanol–water partition coefficient (Wildman–Crippen LogP) is 3.74. The first kappa shape index (κ1) is 19.6. The van der Waals surface area contributed by atoms with Gasteiger partial charge in [-0.1, -0.05) is 49.2 Å². The summed E-state index contributed by atoms with van der Waals surface area (Å²) in [5.74, 6) is 0.160. The Balaban J connectivity index is 1.72. The molecular formula is C22H24N2O4. The Bertz CT molecular complexity index is 1010. The highest BCUT2D eigenvalue weighted by Gasteiger charge is 2.17. The van der Waals surface area contributed by atoms with Gasteiger partial charge >= 0.3 is 5.97 Å². The molecule has 28 heavy (non-hydrogen) atoms. The topological polar surface area (TPSA) is 70.4 Å². The summed E-state index contributed by atoms with van der Waals surface area (Å²) in [5.41, 5.74) is 1.11. The van der Waals surface area contributed by atoms with E-state index >= 15 is 0 Å². The van der Waals surface area contributed by atoms with Gasteiger partial charge < -0.3 is 9.47 Å². The molecule has 0 spiro atoms. The van der Waals surface area contributed by atoms with Gasteiger partial charge in [0, 0.05) is 11.9 Å². The van der Waals surface area contributed by atoms with Gasteiger partial charge in [0.25, 0.3) is 5.56 Å². The van der Waals surface area contributed by atoms with E-state index in [2.05, 4.69) is 5.10 Å². The van der Waals surface area contributed by atoms with Crippen LogP contribution in [-0.2, 0) is 11.3 Å². The van der Waals surface area contributed by atoms with Gasteiger partial charge in [0.15, 0.2) is 5.69 Å². The van der Waals surface area contributed by atoms with Crippen molar-refractivity contribution in [2.45, 2.75) is 33.2 Å². The Hall–Kier alpha value is -3.15. The lowest BCUT2D eigenvalue weighted by Gasteiger charge is -2.11. The zero-order valence-electron chi connectivity index (χ0n) is 16.2. The SMILES string of the molecule is CCCCn1nc(C(=O)OCCOc2ccc(C)cc2)c2ccccc2c1=O. The van der Waals surface area contributed by atoms with Crippen molar-refractivity contribution in [2.75, 3.05) is 13.2 Å². The van der Waals surface area contributed by atoms with Crippen LogP contribution >= 0.6 is 0 Å². The third-order valence-corrected chi connectivity index (χ3v) is 4.39. The average Bonchev–Trinajstić information content (AvgIpc) is 2.72. The standard InChI is InChI=1S/C22H24N2O4/c1-3-4-13-24-21(25)19-8-6-5-7-18(19)20(23-24)22(26)28-15-14-27-17-11-9-16(2)10-12-17/h5-12H,3-4,13-15H2,1-2H3. The maximum absolute atomic E-state index is 12.6. The summed E-state index contributed by atoms with van der Waals surface area (Å²) in [6.07, 6.45) is 1.74. The molecule has 6 nitrogen and oxygen atoms in total. The molecule has 0 bridgehead atoms. The molecule has 0 N–H and O–H groups in total. The molecule has 0 atom stereocenters. The quantitative estimate of drug-likeness (QED) is 0.440. The minimum absolute atomic E-state index is 0.0941. The number of aromatic nitrogens is 2. The molecule has 1 heterocycles. The van der Waals surface area contributed by atoms with E-state index in [1.807, 2.05) is 38.1 Å². The summed E-state index contributed by atoms with van der Waals surface area (Å²) in [5, 5.41) is 5.25. The summed E-state index contributed by atoms with van der Waals surface area (Å²) in [6.45, 7) is 4.84. The van der Waals surface area contributed by atoms with Crippen LogP contribution in [0.2, 0.25) is 0 Å². The van der Waals surface area contributed by atoms with Crippen molar-refractivity contribution >= 4 is 16.7 Å². The van der Waals surface area contributed by atoms with Crippen molar-refractivity contribution in [3.8, 4) is 5.75 Å². The number of esters is 1. The van der Waals surface area contributed by atoms with Crippen molar-refractivity contribution in [3.63, 3.8) is 0 Å². The van der Waals surface area contributed by atoms with Crippen LogP contribution in [-0.4, -0.2) is 29.0 Å². The summed E-state index contributed by atoms with van der Waals surface area (Å²) in [4.78, 5) is 25.2. The van der Waals surface area contributed by atoms with Gasteiger partial charge in [0.05, 0.1) is 5.39 Å². The number of hydrogen-bond donors (Lipinski definition) is 0. The molecular weight excluding hydrogens is 356 g/mol. The van der Waals surface area contributed by atoms with Crippen molar-refractivity contribution in [1.82, 2.24) is 9.78 Å². The Morgan fingerprint density at radius 2 is 1.75 bits per heavy atom. The van der Waals surface area contributed by atoms with E-state index in [9.17, 15) is 9.59 Å². The lowest BCUT2D eigenvalue weighted by Crippen LogP contribution is -2.27. The van der Waals surface area contributed by atoms with Gasteiger partial charge in [0.2, 0.25) is 0 Å². The first-order valence-electron chi connectivity index (χ1n) is 9.46. The summed E-state index contributed by atoms with van der Waals surface area (Å²) in [6, 6.07) is 14.6. The van der Waals surface area contributed by atoms with Crippen molar-refractivity contribution in [1.29, 1.82) is 0 Å². The molecule has 0 saturated carbocycles. The molecule has 2 aromatic carbocycles. The number of unbranched alkanes of at least 4 members (excludes halogenated alkanes) is 1. The second-order valence-corrected chi connectivity index (χ2v) is 6.57. The number of fused-ring (bicyclic) bond motifs is 1. The van der Waals surface area contributed by atoms with Gasteiger partial charge in [0.1, 0.15) is 19.0 Å². The maximum atomic E-state index is 12.6. The molecule has 0 aliphatic carbocycles. The second kappa shape index (κ2) is 9.17. The molecule has 0 amide bonds. The van der Waals surface area contributed by atoms with E-state index in [0.717, 1.165) is 24.2 Å². The van der Waals surface area contributed by atoms with Crippen LogP contribution in [0.1, 0.15) is 35.8 Å². The molecule has 0 aliphatic heterocycles. The molecule has 146 valence electrons. The van der Waals surface area contributed by atoms with Crippen LogP contribution in [0.3, 0.4) is 0 Å². The highest BCUT2D eigenvalue weighted by molar-refractivity contribution is 6.02. The van der Waals surface area contributed by atoms with E-state index < -0.39 is 5.97 Å². The Kier molecular flexibility index (Phi) is 6.42. The maximum Gasteiger partial charge on any atom is 0.359 e. The summed E-state index contributed by atoms with van der Waals surface area (Å²) < 4.78 is 12.3. The van der Waals surface area contributed by atoms with E-state index in [4.69, 9.17) is 9.47 Å². The number of nitrogens with zero attached hydrogens (tertiary/aromatic N) is 2. The Labute approximate surface area is 163 Å². The lowest BCUT2D eigenvalue weighted by atomic mass is 10.1. The third-order valence-electron chi connectivity index (χ3n) is 4.39. The molecule has 0 radical (unpaired) electrons. The van der Waals surface area contributed by atoms with Crippen molar-refractivity contribution < 1.29 is 14.3 Å². The number of rotatable bonds is 8. The van der Waals surface area contributed by atoms with Gasteiger partial charge in [-0.2, -0.15) is 5.10 Å². The summed E-state index contributed by atoms with van der Waals surface area (Å²) >= 11 is 0. The van der Waals surface area contributed by atoms with E-state index in [1.54, 1.807) is 24.3 Å². The lowest BCUT2D eigenvalue weighted by molar-refractivity contribution is 0.0443. The number of ether oxygens (including phenoxy) is 2. The van der Waals surface area contributed by atoms with E-state index in [0.29, 0.717) is 17.3 Å². The minimum atomic E-state index is -0.561. The highest BCUT2D eigenvalue weighted by Crippen LogP contribution is 2.15. The fourth-order valence-corrected chi connectivity index (χ4v) is 2.84. The molecule has 0 unspecified atom stereocenters. The zero-order valence-corrected chi connectivity index (χ0v) is 16.2. The first-order valence-corrected chi connectivity index (χ1v) is 9.46. The smallest absolute Gasteiger partial charge is 0.359 e. The van der Waals surface area contributed by atoms with Gasteiger partial charge in [-0.05, 0) is 31.5 Å².